The van der Waals surface area contributed by atoms with Crippen LogP contribution in [0.25, 0.3) is 0 Å². The molecule has 0 saturated heterocycles. The molecule has 0 aliphatic carbocycles. The molecule has 1 aromatic heterocycles. The molecule has 0 fully saturated rings. The monoisotopic (exact) mass is 319 g/mol. The lowest BCUT2D eigenvalue weighted by atomic mass is 10.2. The minimum Gasteiger partial charge on any atom is -0.460 e. The van der Waals surface area contributed by atoms with E-state index in [0.717, 1.165) is 5.56 Å². The van der Waals surface area contributed by atoms with Gasteiger partial charge in [-0.3, -0.25) is 4.79 Å². The van der Waals surface area contributed by atoms with Crippen LogP contribution in [0.5, 0.6) is 6.01 Å². The van der Waals surface area contributed by atoms with Gasteiger partial charge in [-0.15, -0.1) is 0 Å². The highest BCUT2D eigenvalue weighted by Gasteiger charge is 2.17. The molecule has 0 unspecified atom stereocenters. The maximum atomic E-state index is 12.8. The van der Waals surface area contributed by atoms with Crippen molar-refractivity contribution in [3.63, 3.8) is 0 Å². The molecule has 2 aromatic rings. The van der Waals surface area contributed by atoms with Gasteiger partial charge in [0.15, 0.2) is 0 Å². The van der Waals surface area contributed by atoms with Crippen molar-refractivity contribution in [1.29, 1.82) is 0 Å². The number of ether oxygens (including phenoxy) is 2. The molecular weight excluding hydrogens is 305 g/mol. The first-order valence-corrected chi connectivity index (χ1v) is 6.83. The van der Waals surface area contributed by atoms with Gasteiger partial charge in [-0.25, -0.2) is 14.2 Å². The quantitative estimate of drug-likeness (QED) is 0.560. The number of Topliss-reactive ketones (excluding diaryl/α,β-unsaturated/α-hetero) is 1. The van der Waals surface area contributed by atoms with Crippen molar-refractivity contribution < 1.29 is 23.5 Å². The van der Waals surface area contributed by atoms with Crippen LogP contribution in [0.1, 0.15) is 18.3 Å². The summed E-state index contributed by atoms with van der Waals surface area (Å²) in [4.78, 5) is 34.4. The molecule has 0 aliphatic rings. The van der Waals surface area contributed by atoms with Crippen molar-refractivity contribution in [2.75, 3.05) is 6.61 Å². The SMILES string of the molecule is CCOC(=O)C(=O)Cc1ncnc(OCc2ccc(F)cc2)n1. The molecule has 0 radical (unpaired) electrons. The van der Waals surface area contributed by atoms with Crippen LogP contribution in [-0.2, 0) is 27.4 Å². The van der Waals surface area contributed by atoms with Crippen molar-refractivity contribution in [3.8, 4) is 6.01 Å². The van der Waals surface area contributed by atoms with Gasteiger partial charge in [0.25, 0.3) is 0 Å². The summed E-state index contributed by atoms with van der Waals surface area (Å²) in [6.45, 7) is 1.86. The average Bonchev–Trinajstić information content (AvgIpc) is 2.55. The summed E-state index contributed by atoms with van der Waals surface area (Å²) < 4.78 is 22.8. The number of rotatable bonds is 7. The first-order valence-electron chi connectivity index (χ1n) is 6.83. The number of ketones is 1. The van der Waals surface area contributed by atoms with Crippen molar-refractivity contribution in [2.45, 2.75) is 20.0 Å². The highest BCUT2D eigenvalue weighted by atomic mass is 19.1. The molecule has 0 bridgehead atoms. The topological polar surface area (TPSA) is 91.3 Å². The summed E-state index contributed by atoms with van der Waals surface area (Å²) in [5.74, 6) is -1.91. The van der Waals surface area contributed by atoms with Gasteiger partial charge in [0, 0.05) is 0 Å². The van der Waals surface area contributed by atoms with Crippen LogP contribution in [0.15, 0.2) is 30.6 Å². The fourth-order valence-corrected chi connectivity index (χ4v) is 1.62. The van der Waals surface area contributed by atoms with Crippen molar-refractivity contribution in [3.05, 3.63) is 47.8 Å². The van der Waals surface area contributed by atoms with Crippen LogP contribution in [0, 0.1) is 5.82 Å². The van der Waals surface area contributed by atoms with Gasteiger partial charge < -0.3 is 9.47 Å². The third kappa shape index (κ3) is 5.10. The molecule has 0 aliphatic heterocycles. The molecule has 0 spiro atoms. The minimum absolute atomic E-state index is 0.0102. The van der Waals surface area contributed by atoms with Crippen LogP contribution in [0.2, 0.25) is 0 Å². The molecule has 120 valence electrons. The van der Waals surface area contributed by atoms with E-state index in [0.29, 0.717) is 0 Å². The van der Waals surface area contributed by atoms with E-state index in [1.165, 1.54) is 18.5 Å². The molecule has 8 heteroatoms. The van der Waals surface area contributed by atoms with E-state index in [-0.39, 0.29) is 37.3 Å². The summed E-state index contributed by atoms with van der Waals surface area (Å²) in [6, 6.07) is 5.78. The van der Waals surface area contributed by atoms with Gasteiger partial charge in [-0.1, -0.05) is 12.1 Å². The largest absolute Gasteiger partial charge is 0.460 e. The van der Waals surface area contributed by atoms with E-state index >= 15 is 0 Å². The number of halogens is 1. The van der Waals surface area contributed by atoms with Gasteiger partial charge in [-0.05, 0) is 24.6 Å². The summed E-state index contributed by atoms with van der Waals surface area (Å²) in [5.41, 5.74) is 0.732. The van der Waals surface area contributed by atoms with E-state index < -0.39 is 11.8 Å². The number of aromatic nitrogens is 3. The Morgan fingerprint density at radius 1 is 1.17 bits per heavy atom. The number of nitrogens with zero attached hydrogens (tertiary/aromatic N) is 3. The van der Waals surface area contributed by atoms with Gasteiger partial charge >= 0.3 is 12.0 Å². The highest BCUT2D eigenvalue weighted by molar-refractivity contribution is 6.33. The molecule has 23 heavy (non-hydrogen) atoms. The van der Waals surface area contributed by atoms with Crippen LogP contribution >= 0.6 is 0 Å². The average molecular weight is 319 g/mol. The number of carbonyl (C=O) groups is 2. The zero-order chi connectivity index (χ0) is 16.7. The second-order valence-corrected chi connectivity index (χ2v) is 4.42. The molecule has 1 heterocycles. The smallest absolute Gasteiger partial charge is 0.375 e. The zero-order valence-corrected chi connectivity index (χ0v) is 12.4. The molecular formula is C15H14FN3O4. The second kappa shape index (κ2) is 7.92. The number of carbonyl (C=O) groups excluding carboxylic acids is 2. The highest BCUT2D eigenvalue weighted by Crippen LogP contribution is 2.08. The Morgan fingerprint density at radius 2 is 1.91 bits per heavy atom. The molecule has 7 nitrogen and oxygen atoms in total. The lowest BCUT2D eigenvalue weighted by molar-refractivity contribution is -0.153. The molecule has 0 atom stereocenters. The molecule has 0 saturated carbocycles. The summed E-state index contributed by atoms with van der Waals surface area (Å²) >= 11 is 0. The first-order chi connectivity index (χ1) is 11.1. The van der Waals surface area contributed by atoms with Crippen molar-refractivity contribution in [1.82, 2.24) is 15.0 Å². The fraction of sp³-hybridized carbons (Fsp3) is 0.267. The summed E-state index contributed by atoms with van der Waals surface area (Å²) in [6.07, 6.45) is 0.884. The molecule has 2 rings (SSSR count). The van der Waals surface area contributed by atoms with E-state index in [4.69, 9.17) is 4.74 Å². The Balaban J connectivity index is 1.95. The van der Waals surface area contributed by atoms with Gasteiger partial charge in [0.2, 0.25) is 5.78 Å². The Morgan fingerprint density at radius 3 is 2.61 bits per heavy atom. The van der Waals surface area contributed by atoms with Crippen LogP contribution in [0.3, 0.4) is 0 Å². The Hall–Kier alpha value is -2.90. The summed E-state index contributed by atoms with van der Waals surface area (Å²) in [5, 5.41) is 0. The lowest BCUT2D eigenvalue weighted by Gasteiger charge is -2.05. The standard InChI is InChI=1S/C15H14FN3O4/c1-2-22-14(21)12(20)7-13-17-9-18-15(19-13)23-8-10-3-5-11(16)6-4-10/h3-6,9H,2,7-8H2,1H3. The van der Waals surface area contributed by atoms with Gasteiger partial charge in [0.1, 0.15) is 24.6 Å². The number of hydrogen-bond acceptors (Lipinski definition) is 7. The molecule has 1 aromatic carbocycles. The number of benzene rings is 1. The normalized spacial score (nSPS) is 10.2. The van der Waals surface area contributed by atoms with Crippen LogP contribution in [-0.4, -0.2) is 33.3 Å². The van der Waals surface area contributed by atoms with E-state index in [9.17, 15) is 14.0 Å². The maximum absolute atomic E-state index is 12.8. The van der Waals surface area contributed by atoms with E-state index in [1.54, 1.807) is 19.1 Å². The Kier molecular flexibility index (Phi) is 5.67. The number of hydrogen-bond donors (Lipinski definition) is 0. The Bertz CT molecular complexity index is 691. The fourth-order valence-electron chi connectivity index (χ4n) is 1.62. The summed E-state index contributed by atoms with van der Waals surface area (Å²) in [7, 11) is 0. The van der Waals surface area contributed by atoms with E-state index in [1.807, 2.05) is 0 Å². The van der Waals surface area contributed by atoms with E-state index in [2.05, 4.69) is 19.7 Å². The lowest BCUT2D eigenvalue weighted by Crippen LogP contribution is -2.20. The van der Waals surface area contributed by atoms with Crippen molar-refractivity contribution >= 4 is 11.8 Å². The van der Waals surface area contributed by atoms with Gasteiger partial charge in [0.05, 0.1) is 13.0 Å². The van der Waals surface area contributed by atoms with Gasteiger partial charge in [-0.2, -0.15) is 9.97 Å². The molecule has 0 amide bonds. The third-order valence-electron chi connectivity index (χ3n) is 2.70. The van der Waals surface area contributed by atoms with Crippen molar-refractivity contribution in [2.24, 2.45) is 0 Å². The Labute approximate surface area is 131 Å². The number of esters is 1. The van der Waals surface area contributed by atoms with Crippen LogP contribution in [0.4, 0.5) is 4.39 Å². The predicted octanol–water partition coefficient (Wildman–Crippen LogP) is 1.26. The first kappa shape index (κ1) is 16.5. The maximum Gasteiger partial charge on any atom is 0.375 e. The second-order valence-electron chi connectivity index (χ2n) is 4.42. The molecule has 0 N–H and O–H groups in total. The van der Waals surface area contributed by atoms with Crippen LogP contribution < -0.4 is 4.74 Å². The third-order valence-corrected chi connectivity index (χ3v) is 2.70. The minimum atomic E-state index is -0.929. The predicted molar refractivity (Wildman–Crippen MR) is 75.9 cm³/mol. The zero-order valence-electron chi connectivity index (χ0n) is 12.4.